The van der Waals surface area contributed by atoms with Gasteiger partial charge in [0.15, 0.2) is 0 Å². The molecule has 3 nitrogen and oxygen atoms in total. The minimum Gasteiger partial charge on any atom is -0.389 e. The molecule has 2 rings (SSSR count). The molecule has 1 heterocycles. The number of benzene rings is 1. The summed E-state index contributed by atoms with van der Waals surface area (Å²) in [4.78, 5) is 2.39. The zero-order valence-corrected chi connectivity index (χ0v) is 12.5. The van der Waals surface area contributed by atoms with Crippen LogP contribution >= 0.6 is 15.9 Å². The van der Waals surface area contributed by atoms with Gasteiger partial charge in [-0.3, -0.25) is 0 Å². The molecule has 1 saturated heterocycles. The Labute approximate surface area is 117 Å². The van der Waals surface area contributed by atoms with Gasteiger partial charge in [0.25, 0.3) is 0 Å². The van der Waals surface area contributed by atoms with E-state index in [0.29, 0.717) is 6.04 Å². The van der Waals surface area contributed by atoms with Gasteiger partial charge in [0.05, 0.1) is 31.0 Å². The predicted octanol–water partition coefficient (Wildman–Crippen LogP) is 3.12. The molecule has 0 radical (unpaired) electrons. The molecule has 0 saturated carbocycles. The summed E-state index contributed by atoms with van der Waals surface area (Å²) in [6.45, 7) is 6.46. The highest BCUT2D eigenvalue weighted by Crippen LogP contribution is 2.32. The molecule has 2 atom stereocenters. The van der Waals surface area contributed by atoms with E-state index >= 15 is 0 Å². The highest BCUT2D eigenvalue weighted by molar-refractivity contribution is 9.10. The minimum atomic E-state index is -0.429. The molecule has 0 aliphatic carbocycles. The summed E-state index contributed by atoms with van der Waals surface area (Å²) < 4.78 is 6.57. The highest BCUT2D eigenvalue weighted by atomic mass is 79.9. The minimum absolute atomic E-state index is 0.429. The first-order valence-corrected chi connectivity index (χ1v) is 7.24. The average Bonchev–Trinajstić information content (AvgIpc) is 2.38. The standard InChI is InChI=1S/C14H20BrNO2/c1-3-12-9-18-7-6-16(12)14-5-4-11(10(2)17)8-13(14)15/h4-5,8,10,12,17H,3,6-7,9H2,1-2H3/t10-,12?/m1/s1. The van der Waals surface area contributed by atoms with E-state index < -0.39 is 6.10 Å². The Bertz CT molecular complexity index is 409. The van der Waals surface area contributed by atoms with Crippen molar-refractivity contribution < 1.29 is 9.84 Å². The van der Waals surface area contributed by atoms with Gasteiger partial charge in [-0.2, -0.15) is 0 Å². The van der Waals surface area contributed by atoms with Gasteiger partial charge in [-0.15, -0.1) is 0 Å². The van der Waals surface area contributed by atoms with E-state index in [2.05, 4.69) is 33.8 Å². The van der Waals surface area contributed by atoms with Crippen LogP contribution in [0.3, 0.4) is 0 Å². The van der Waals surface area contributed by atoms with Crippen molar-refractivity contribution in [2.45, 2.75) is 32.4 Å². The van der Waals surface area contributed by atoms with Crippen molar-refractivity contribution >= 4 is 21.6 Å². The lowest BCUT2D eigenvalue weighted by molar-refractivity contribution is 0.0929. The SMILES string of the molecule is CCC1COCCN1c1ccc([C@@H](C)O)cc1Br. The Kier molecular flexibility index (Phi) is 4.65. The first-order valence-electron chi connectivity index (χ1n) is 6.45. The van der Waals surface area contributed by atoms with Crippen molar-refractivity contribution in [3.63, 3.8) is 0 Å². The molecule has 1 aromatic carbocycles. The molecule has 0 spiro atoms. The molecule has 0 bridgehead atoms. The lowest BCUT2D eigenvalue weighted by Gasteiger charge is -2.37. The molecule has 1 N–H and O–H groups in total. The summed E-state index contributed by atoms with van der Waals surface area (Å²) in [6, 6.07) is 6.52. The van der Waals surface area contributed by atoms with Crippen LogP contribution in [0.25, 0.3) is 0 Å². The number of aliphatic hydroxyl groups is 1. The fourth-order valence-electron chi connectivity index (χ4n) is 2.33. The second kappa shape index (κ2) is 6.04. The lowest BCUT2D eigenvalue weighted by atomic mass is 10.1. The van der Waals surface area contributed by atoms with Crippen LogP contribution in [0.15, 0.2) is 22.7 Å². The van der Waals surface area contributed by atoms with Crippen molar-refractivity contribution in [1.82, 2.24) is 0 Å². The van der Waals surface area contributed by atoms with Crippen LogP contribution in [0.2, 0.25) is 0 Å². The number of hydrogen-bond donors (Lipinski definition) is 1. The topological polar surface area (TPSA) is 32.7 Å². The van der Waals surface area contributed by atoms with Crippen LogP contribution < -0.4 is 4.90 Å². The second-order valence-electron chi connectivity index (χ2n) is 4.72. The van der Waals surface area contributed by atoms with Crippen LogP contribution in [-0.2, 0) is 4.74 Å². The molecule has 4 heteroatoms. The number of ether oxygens (including phenoxy) is 1. The zero-order valence-electron chi connectivity index (χ0n) is 10.9. The summed E-state index contributed by atoms with van der Waals surface area (Å²) in [5.74, 6) is 0. The number of aliphatic hydroxyl groups excluding tert-OH is 1. The van der Waals surface area contributed by atoms with Crippen LogP contribution in [-0.4, -0.2) is 30.9 Å². The number of hydrogen-bond acceptors (Lipinski definition) is 3. The maximum Gasteiger partial charge on any atom is 0.0762 e. The quantitative estimate of drug-likeness (QED) is 0.930. The molecule has 1 aromatic rings. The van der Waals surface area contributed by atoms with Crippen LogP contribution in [0.5, 0.6) is 0 Å². The van der Waals surface area contributed by atoms with Crippen LogP contribution in [0.4, 0.5) is 5.69 Å². The van der Waals surface area contributed by atoms with E-state index in [-0.39, 0.29) is 0 Å². The molecule has 100 valence electrons. The highest BCUT2D eigenvalue weighted by Gasteiger charge is 2.23. The summed E-state index contributed by atoms with van der Waals surface area (Å²) in [5, 5.41) is 9.59. The molecular weight excluding hydrogens is 294 g/mol. The van der Waals surface area contributed by atoms with Crippen molar-refractivity contribution in [1.29, 1.82) is 0 Å². The third-order valence-corrected chi connectivity index (χ3v) is 4.10. The first-order chi connectivity index (χ1) is 8.63. The third kappa shape index (κ3) is 2.87. The van der Waals surface area contributed by atoms with Crippen LogP contribution in [0, 0.1) is 0 Å². The summed E-state index contributed by atoms with van der Waals surface area (Å²) in [6.07, 6.45) is 0.645. The molecule has 0 amide bonds. The van der Waals surface area contributed by atoms with Gasteiger partial charge in [0.1, 0.15) is 0 Å². The average molecular weight is 314 g/mol. The van der Waals surface area contributed by atoms with Gasteiger partial charge in [0.2, 0.25) is 0 Å². The number of morpholine rings is 1. The molecule has 18 heavy (non-hydrogen) atoms. The van der Waals surface area contributed by atoms with E-state index in [1.165, 1.54) is 5.69 Å². The van der Waals surface area contributed by atoms with E-state index in [0.717, 1.165) is 36.2 Å². The molecule has 1 unspecified atom stereocenters. The van der Waals surface area contributed by atoms with E-state index in [1.807, 2.05) is 12.1 Å². The van der Waals surface area contributed by atoms with Gasteiger partial charge >= 0.3 is 0 Å². The number of halogens is 1. The van der Waals surface area contributed by atoms with Gasteiger partial charge in [-0.25, -0.2) is 0 Å². The predicted molar refractivity (Wildman–Crippen MR) is 77.0 cm³/mol. The Morgan fingerprint density at radius 3 is 2.94 bits per heavy atom. The monoisotopic (exact) mass is 313 g/mol. The Hall–Kier alpha value is -0.580. The second-order valence-corrected chi connectivity index (χ2v) is 5.57. The number of anilines is 1. The molecular formula is C14H20BrNO2. The van der Waals surface area contributed by atoms with Crippen molar-refractivity contribution in [2.24, 2.45) is 0 Å². The maximum atomic E-state index is 9.59. The largest absolute Gasteiger partial charge is 0.389 e. The fourth-order valence-corrected chi connectivity index (χ4v) is 2.95. The summed E-state index contributed by atoms with van der Waals surface area (Å²) in [7, 11) is 0. The smallest absolute Gasteiger partial charge is 0.0762 e. The van der Waals surface area contributed by atoms with E-state index in [9.17, 15) is 5.11 Å². The van der Waals surface area contributed by atoms with Crippen molar-refractivity contribution in [3.05, 3.63) is 28.2 Å². The molecule has 1 aliphatic rings. The first kappa shape index (κ1) is 13.8. The van der Waals surface area contributed by atoms with Crippen molar-refractivity contribution in [3.8, 4) is 0 Å². The van der Waals surface area contributed by atoms with Gasteiger partial charge in [-0.05, 0) is 47.0 Å². The van der Waals surface area contributed by atoms with Gasteiger partial charge < -0.3 is 14.7 Å². The zero-order chi connectivity index (χ0) is 13.1. The third-order valence-electron chi connectivity index (χ3n) is 3.46. The molecule has 0 aromatic heterocycles. The number of nitrogens with zero attached hydrogens (tertiary/aromatic N) is 1. The Balaban J connectivity index is 2.26. The maximum absolute atomic E-state index is 9.59. The summed E-state index contributed by atoms with van der Waals surface area (Å²) in [5.41, 5.74) is 2.13. The normalized spacial score (nSPS) is 22.0. The Morgan fingerprint density at radius 1 is 1.56 bits per heavy atom. The molecule has 1 fully saturated rings. The Morgan fingerprint density at radius 2 is 2.33 bits per heavy atom. The van der Waals surface area contributed by atoms with E-state index in [1.54, 1.807) is 6.92 Å². The van der Waals surface area contributed by atoms with E-state index in [4.69, 9.17) is 4.74 Å². The fraction of sp³-hybridized carbons (Fsp3) is 0.571. The van der Waals surface area contributed by atoms with Crippen LogP contribution in [0.1, 0.15) is 31.9 Å². The molecule has 1 aliphatic heterocycles. The summed E-state index contributed by atoms with van der Waals surface area (Å²) >= 11 is 3.61. The number of rotatable bonds is 3. The van der Waals surface area contributed by atoms with Crippen molar-refractivity contribution in [2.75, 3.05) is 24.7 Å². The van der Waals surface area contributed by atoms with Gasteiger partial charge in [-0.1, -0.05) is 13.0 Å². The van der Waals surface area contributed by atoms with Gasteiger partial charge in [0, 0.05) is 11.0 Å². The lowest BCUT2D eigenvalue weighted by Crippen LogP contribution is -2.45.